The zero-order chi connectivity index (χ0) is 10.6. The quantitative estimate of drug-likeness (QED) is 0.641. The smallest absolute Gasteiger partial charge is 0.285 e. The number of H-pyrrole nitrogens is 1. The molecule has 1 aromatic rings. The Labute approximate surface area is 84.7 Å². The second-order valence-electron chi connectivity index (χ2n) is 2.45. The lowest BCUT2D eigenvalue weighted by atomic mass is 10.4. The normalized spacial score (nSPS) is 9.57. The van der Waals surface area contributed by atoms with E-state index >= 15 is 0 Å². The molecule has 0 aliphatic rings. The second-order valence-corrected chi connectivity index (χ2v) is 2.83. The Morgan fingerprint density at radius 3 is 3.07 bits per heavy atom. The number of aromatic nitrogens is 2. The van der Waals surface area contributed by atoms with Crippen LogP contribution in [-0.2, 0) is 4.79 Å². The molecule has 0 radical (unpaired) electrons. The van der Waals surface area contributed by atoms with E-state index in [2.05, 4.69) is 20.8 Å². The van der Waals surface area contributed by atoms with E-state index in [4.69, 9.17) is 11.6 Å². The lowest BCUT2D eigenvalue weighted by Crippen LogP contribution is -2.26. The monoisotopic (exact) mass is 216 g/mol. The first-order valence-electron chi connectivity index (χ1n) is 3.82. The predicted molar refractivity (Wildman–Crippen MR) is 52.4 cm³/mol. The number of carbonyl (C=O) groups is 1. The summed E-state index contributed by atoms with van der Waals surface area (Å²) in [7, 11) is 1.52. The minimum atomic E-state index is -0.492. The highest BCUT2D eigenvalue weighted by atomic mass is 35.5. The van der Waals surface area contributed by atoms with Gasteiger partial charge < -0.3 is 10.6 Å². The van der Waals surface area contributed by atoms with Crippen LogP contribution in [0.5, 0.6) is 0 Å². The highest BCUT2D eigenvalue weighted by Gasteiger charge is 2.05. The van der Waals surface area contributed by atoms with Crippen molar-refractivity contribution in [2.24, 2.45) is 0 Å². The van der Waals surface area contributed by atoms with Gasteiger partial charge in [0.25, 0.3) is 5.56 Å². The topological polar surface area (TPSA) is 86.9 Å². The molecular formula is C7H9ClN4O2. The van der Waals surface area contributed by atoms with Crippen LogP contribution in [0.25, 0.3) is 0 Å². The summed E-state index contributed by atoms with van der Waals surface area (Å²) in [6, 6.07) is 0. The van der Waals surface area contributed by atoms with E-state index in [0.717, 1.165) is 0 Å². The second kappa shape index (κ2) is 4.61. The minimum absolute atomic E-state index is 0.0103. The van der Waals surface area contributed by atoms with Crippen molar-refractivity contribution in [2.45, 2.75) is 0 Å². The van der Waals surface area contributed by atoms with Gasteiger partial charge in [0.15, 0.2) is 0 Å². The van der Waals surface area contributed by atoms with E-state index in [1.54, 1.807) is 0 Å². The third-order valence-electron chi connectivity index (χ3n) is 1.51. The number of nitrogens with one attached hydrogen (secondary N) is 3. The van der Waals surface area contributed by atoms with Gasteiger partial charge in [-0.3, -0.25) is 9.59 Å². The van der Waals surface area contributed by atoms with Gasteiger partial charge >= 0.3 is 0 Å². The summed E-state index contributed by atoms with van der Waals surface area (Å²) in [6.07, 6.45) is 1.34. The summed E-state index contributed by atoms with van der Waals surface area (Å²) < 4.78 is 0. The molecule has 1 heterocycles. The maximum atomic E-state index is 11.0. The molecule has 76 valence electrons. The number of hydrogen-bond acceptors (Lipinski definition) is 4. The molecule has 14 heavy (non-hydrogen) atoms. The molecule has 0 fully saturated rings. The zero-order valence-corrected chi connectivity index (χ0v) is 8.18. The van der Waals surface area contributed by atoms with E-state index in [-0.39, 0.29) is 17.5 Å². The minimum Gasteiger partial charge on any atom is -0.373 e. The molecule has 1 aromatic heterocycles. The number of rotatable bonds is 3. The van der Waals surface area contributed by atoms with Crippen molar-refractivity contribution >= 4 is 23.2 Å². The van der Waals surface area contributed by atoms with Crippen LogP contribution in [0.2, 0.25) is 5.02 Å². The van der Waals surface area contributed by atoms with E-state index in [1.165, 1.54) is 13.2 Å². The molecule has 0 saturated carbocycles. The molecule has 1 rings (SSSR count). The lowest BCUT2D eigenvalue weighted by molar-refractivity contribution is -0.118. The molecule has 6 nitrogen and oxygen atoms in total. The van der Waals surface area contributed by atoms with Crippen LogP contribution < -0.4 is 16.2 Å². The Morgan fingerprint density at radius 2 is 2.43 bits per heavy atom. The molecule has 3 N–H and O–H groups in total. The maximum absolute atomic E-state index is 11.0. The van der Waals surface area contributed by atoms with E-state index in [9.17, 15) is 9.59 Å². The molecule has 0 unspecified atom stereocenters. The van der Waals surface area contributed by atoms with Gasteiger partial charge in [-0.2, -0.15) is 5.10 Å². The Kier molecular flexibility index (Phi) is 3.47. The zero-order valence-electron chi connectivity index (χ0n) is 7.43. The third-order valence-corrected chi connectivity index (χ3v) is 1.89. The van der Waals surface area contributed by atoms with Crippen molar-refractivity contribution in [3.8, 4) is 0 Å². The summed E-state index contributed by atoms with van der Waals surface area (Å²) >= 11 is 5.64. The van der Waals surface area contributed by atoms with Gasteiger partial charge in [-0.25, -0.2) is 5.10 Å². The van der Waals surface area contributed by atoms with Crippen LogP contribution in [-0.4, -0.2) is 29.7 Å². The van der Waals surface area contributed by atoms with Crippen LogP contribution in [0.3, 0.4) is 0 Å². The average molecular weight is 217 g/mol. The highest BCUT2D eigenvalue weighted by Crippen LogP contribution is 2.13. The largest absolute Gasteiger partial charge is 0.373 e. The Balaban J connectivity index is 2.73. The van der Waals surface area contributed by atoms with Gasteiger partial charge in [-0.15, -0.1) is 0 Å². The number of halogens is 1. The van der Waals surface area contributed by atoms with Crippen LogP contribution >= 0.6 is 11.6 Å². The van der Waals surface area contributed by atoms with Crippen molar-refractivity contribution in [1.82, 2.24) is 15.5 Å². The van der Waals surface area contributed by atoms with E-state index in [1.807, 2.05) is 0 Å². The Hall–Kier alpha value is -1.56. The van der Waals surface area contributed by atoms with Crippen molar-refractivity contribution in [3.63, 3.8) is 0 Å². The summed E-state index contributed by atoms with van der Waals surface area (Å²) in [5.41, 5.74) is -0.160. The molecule has 0 saturated heterocycles. The molecular weight excluding hydrogens is 208 g/mol. The Morgan fingerprint density at radius 1 is 1.71 bits per heavy atom. The fourth-order valence-electron chi connectivity index (χ4n) is 0.771. The van der Waals surface area contributed by atoms with Crippen molar-refractivity contribution in [2.75, 3.05) is 18.9 Å². The number of anilines is 1. The fourth-order valence-corrected chi connectivity index (χ4v) is 0.929. The lowest BCUT2D eigenvalue weighted by Gasteiger charge is -2.05. The van der Waals surface area contributed by atoms with Gasteiger partial charge in [0.2, 0.25) is 5.91 Å². The van der Waals surface area contributed by atoms with Crippen LogP contribution in [0.1, 0.15) is 0 Å². The SMILES string of the molecule is CNC(=O)CNc1cn[nH]c(=O)c1Cl. The molecule has 0 spiro atoms. The van der Waals surface area contributed by atoms with Gasteiger partial charge in [0.1, 0.15) is 5.02 Å². The van der Waals surface area contributed by atoms with Gasteiger partial charge in [0, 0.05) is 7.05 Å². The highest BCUT2D eigenvalue weighted by molar-refractivity contribution is 6.32. The van der Waals surface area contributed by atoms with Gasteiger partial charge in [0.05, 0.1) is 18.4 Å². The van der Waals surface area contributed by atoms with Gasteiger partial charge in [-0.1, -0.05) is 11.6 Å². The van der Waals surface area contributed by atoms with Crippen LogP contribution in [0.15, 0.2) is 11.0 Å². The van der Waals surface area contributed by atoms with Gasteiger partial charge in [-0.05, 0) is 0 Å². The molecule has 1 amide bonds. The Bertz CT molecular complexity index is 390. The van der Waals surface area contributed by atoms with Crippen LogP contribution in [0, 0.1) is 0 Å². The summed E-state index contributed by atoms with van der Waals surface area (Å²) in [4.78, 5) is 21.8. The molecule has 0 bridgehead atoms. The summed E-state index contributed by atoms with van der Waals surface area (Å²) in [6.45, 7) is 0.0430. The summed E-state index contributed by atoms with van der Waals surface area (Å²) in [5, 5.41) is 10.8. The number of amides is 1. The van der Waals surface area contributed by atoms with Crippen molar-refractivity contribution in [1.29, 1.82) is 0 Å². The first kappa shape index (κ1) is 10.5. The fraction of sp³-hybridized carbons (Fsp3) is 0.286. The van der Waals surface area contributed by atoms with E-state index in [0.29, 0.717) is 5.69 Å². The molecule has 0 aromatic carbocycles. The molecule has 0 atom stereocenters. The van der Waals surface area contributed by atoms with E-state index < -0.39 is 5.56 Å². The number of hydrogen-bond donors (Lipinski definition) is 3. The standard InChI is InChI=1S/C7H9ClN4O2/c1-9-5(13)3-10-4-2-11-12-7(14)6(4)8/h2H,3H2,1H3,(H,9,13)(H2,10,12,14). The first-order valence-corrected chi connectivity index (χ1v) is 4.20. The number of likely N-dealkylation sites (N-methyl/N-ethyl adjacent to an activating group) is 1. The maximum Gasteiger partial charge on any atom is 0.285 e. The first-order chi connectivity index (χ1) is 6.65. The summed E-state index contributed by atoms with van der Waals surface area (Å²) in [5.74, 6) is -0.207. The predicted octanol–water partition coefficient (Wildman–Crippen LogP) is -0.419. The number of nitrogens with zero attached hydrogens (tertiary/aromatic N) is 1. The van der Waals surface area contributed by atoms with Crippen molar-refractivity contribution in [3.05, 3.63) is 21.6 Å². The molecule has 0 aliphatic carbocycles. The van der Waals surface area contributed by atoms with Crippen molar-refractivity contribution < 1.29 is 4.79 Å². The molecule has 0 aliphatic heterocycles. The average Bonchev–Trinajstić information content (AvgIpc) is 2.20. The van der Waals surface area contributed by atoms with Crippen LogP contribution in [0.4, 0.5) is 5.69 Å². The number of carbonyl (C=O) groups excluding carboxylic acids is 1. The number of aromatic amines is 1. The molecule has 7 heteroatoms. The third kappa shape index (κ3) is 2.46.